The van der Waals surface area contributed by atoms with Gasteiger partial charge in [-0.2, -0.15) is 0 Å². The number of carbonyl (C=O) groups is 3. The zero-order valence-electron chi connectivity index (χ0n) is 18.4. The lowest BCUT2D eigenvalue weighted by molar-refractivity contribution is -0.116. The maximum atomic E-state index is 12.5. The van der Waals surface area contributed by atoms with E-state index in [2.05, 4.69) is 25.9 Å². The van der Waals surface area contributed by atoms with E-state index < -0.39 is 17.6 Å². The van der Waals surface area contributed by atoms with Gasteiger partial charge in [-0.05, 0) is 45.9 Å². The van der Waals surface area contributed by atoms with Gasteiger partial charge in [-0.15, -0.1) is 0 Å². The number of alkyl carbamates (subject to hydrolysis) is 1. The van der Waals surface area contributed by atoms with Crippen LogP contribution in [-0.4, -0.2) is 40.0 Å². The lowest BCUT2D eigenvalue weighted by atomic mass is 10.2. The molecule has 0 atom stereocenters. The average Bonchev–Trinajstić information content (AvgIpc) is 3.21. The molecule has 12 heteroatoms. The van der Waals surface area contributed by atoms with Crippen LogP contribution >= 0.6 is 34.5 Å². The van der Waals surface area contributed by atoms with Gasteiger partial charge in [-0.3, -0.25) is 14.9 Å². The SMILES string of the molecule is Cc1[nH]c(C(=O)Nc2nc3ccc(NC(=O)CCNC(=O)OC(C)(C)C)cc3s2)c(Cl)c1Cl. The number of aryl methyl sites for hydroxylation is 1. The number of ether oxygens (including phenoxy) is 1. The van der Waals surface area contributed by atoms with Gasteiger partial charge in [-0.1, -0.05) is 34.5 Å². The van der Waals surface area contributed by atoms with Crippen molar-refractivity contribution in [2.75, 3.05) is 17.2 Å². The third-order valence-electron chi connectivity index (χ3n) is 4.19. The Balaban J connectivity index is 1.58. The minimum Gasteiger partial charge on any atom is -0.444 e. The van der Waals surface area contributed by atoms with E-state index in [4.69, 9.17) is 27.9 Å². The molecule has 0 bridgehead atoms. The lowest BCUT2D eigenvalue weighted by Crippen LogP contribution is -2.34. The van der Waals surface area contributed by atoms with Gasteiger partial charge >= 0.3 is 6.09 Å². The average molecular weight is 512 g/mol. The second-order valence-electron chi connectivity index (χ2n) is 8.14. The third-order valence-corrected chi connectivity index (χ3v) is 6.07. The molecule has 3 rings (SSSR count). The summed E-state index contributed by atoms with van der Waals surface area (Å²) in [5.74, 6) is -0.725. The van der Waals surface area contributed by atoms with Crippen molar-refractivity contribution in [3.8, 4) is 0 Å². The Morgan fingerprint density at radius 1 is 1.15 bits per heavy atom. The van der Waals surface area contributed by atoms with E-state index in [1.807, 2.05) is 0 Å². The van der Waals surface area contributed by atoms with Crippen molar-refractivity contribution in [3.05, 3.63) is 39.6 Å². The molecule has 9 nitrogen and oxygen atoms in total. The summed E-state index contributed by atoms with van der Waals surface area (Å²) in [6.07, 6.45) is -0.491. The maximum absolute atomic E-state index is 12.5. The van der Waals surface area contributed by atoms with E-state index in [-0.39, 0.29) is 29.6 Å². The zero-order valence-corrected chi connectivity index (χ0v) is 20.7. The van der Waals surface area contributed by atoms with E-state index in [0.717, 1.165) is 4.70 Å². The van der Waals surface area contributed by atoms with Gasteiger partial charge in [0.15, 0.2) is 5.13 Å². The Labute approximate surface area is 204 Å². The predicted octanol–water partition coefficient (Wildman–Crippen LogP) is 5.35. The topological polar surface area (TPSA) is 125 Å². The van der Waals surface area contributed by atoms with Gasteiger partial charge in [0, 0.05) is 24.3 Å². The highest BCUT2D eigenvalue weighted by atomic mass is 35.5. The van der Waals surface area contributed by atoms with Crippen LogP contribution in [0.5, 0.6) is 0 Å². The summed E-state index contributed by atoms with van der Waals surface area (Å²) in [7, 11) is 0. The molecule has 0 radical (unpaired) electrons. The molecular weight excluding hydrogens is 489 g/mol. The third kappa shape index (κ3) is 6.59. The number of amides is 3. The summed E-state index contributed by atoms with van der Waals surface area (Å²) >= 11 is 13.4. The number of hydrogen-bond acceptors (Lipinski definition) is 6. The number of carbonyl (C=O) groups excluding carboxylic acids is 3. The molecule has 4 N–H and O–H groups in total. The first-order valence-electron chi connectivity index (χ1n) is 9.95. The Morgan fingerprint density at radius 3 is 2.52 bits per heavy atom. The minimum absolute atomic E-state index is 0.0835. The first-order valence-corrected chi connectivity index (χ1v) is 11.5. The molecule has 2 aromatic heterocycles. The van der Waals surface area contributed by atoms with Crippen molar-refractivity contribution < 1.29 is 19.1 Å². The molecule has 33 heavy (non-hydrogen) atoms. The molecule has 0 aliphatic rings. The van der Waals surface area contributed by atoms with Crippen LogP contribution in [0.1, 0.15) is 43.4 Å². The van der Waals surface area contributed by atoms with Crippen LogP contribution in [0.2, 0.25) is 10.0 Å². The van der Waals surface area contributed by atoms with Crippen molar-refractivity contribution in [3.63, 3.8) is 0 Å². The van der Waals surface area contributed by atoms with Crippen molar-refractivity contribution in [1.29, 1.82) is 0 Å². The zero-order chi connectivity index (χ0) is 24.3. The fourth-order valence-corrected chi connectivity index (χ4v) is 4.08. The number of hydrogen-bond donors (Lipinski definition) is 4. The number of rotatable bonds is 6. The Hall–Kier alpha value is -2.82. The fraction of sp³-hybridized carbons (Fsp3) is 0.333. The monoisotopic (exact) mass is 511 g/mol. The van der Waals surface area contributed by atoms with E-state index in [0.29, 0.717) is 27.1 Å². The summed E-state index contributed by atoms with van der Waals surface area (Å²) in [4.78, 5) is 43.5. The van der Waals surface area contributed by atoms with Crippen molar-refractivity contribution in [2.24, 2.45) is 0 Å². The van der Waals surface area contributed by atoms with Crippen LogP contribution in [0.15, 0.2) is 18.2 Å². The van der Waals surface area contributed by atoms with Gasteiger partial charge in [0.1, 0.15) is 11.3 Å². The molecule has 0 spiro atoms. The molecule has 0 fully saturated rings. The number of anilines is 2. The highest BCUT2D eigenvalue weighted by molar-refractivity contribution is 7.22. The molecule has 2 heterocycles. The largest absolute Gasteiger partial charge is 0.444 e. The summed E-state index contributed by atoms with van der Waals surface area (Å²) in [6, 6.07) is 5.20. The van der Waals surface area contributed by atoms with Crippen LogP contribution in [0.3, 0.4) is 0 Å². The summed E-state index contributed by atoms with van der Waals surface area (Å²) in [5.41, 5.74) is 1.38. The maximum Gasteiger partial charge on any atom is 0.407 e. The van der Waals surface area contributed by atoms with Crippen LogP contribution < -0.4 is 16.0 Å². The van der Waals surface area contributed by atoms with Gasteiger partial charge < -0.3 is 20.4 Å². The summed E-state index contributed by atoms with van der Waals surface area (Å²) in [5, 5.41) is 8.83. The van der Waals surface area contributed by atoms with Crippen LogP contribution in [0.4, 0.5) is 15.6 Å². The minimum atomic E-state index is -0.603. The van der Waals surface area contributed by atoms with Gasteiger partial charge in [-0.25, -0.2) is 9.78 Å². The highest BCUT2D eigenvalue weighted by Crippen LogP contribution is 2.32. The Kier molecular flexibility index (Phi) is 7.51. The molecule has 0 unspecified atom stereocenters. The number of nitrogens with zero attached hydrogens (tertiary/aromatic N) is 1. The molecule has 0 aliphatic heterocycles. The molecular formula is C21H23Cl2N5O4S. The van der Waals surface area contributed by atoms with Gasteiger partial charge in [0.05, 0.1) is 20.3 Å². The van der Waals surface area contributed by atoms with Gasteiger partial charge in [0.25, 0.3) is 5.91 Å². The first kappa shape index (κ1) is 24.8. The standard InChI is InChI=1S/C21H23Cl2N5O4S/c1-10-15(22)16(23)17(25-10)18(30)28-19-27-12-6-5-11(9-13(12)33-19)26-14(29)7-8-24-20(31)32-21(2,3)4/h5-6,9,25H,7-8H2,1-4H3,(H,24,31)(H,26,29)(H,27,28,30). The normalized spacial score (nSPS) is 11.3. The van der Waals surface area contributed by atoms with E-state index in [1.165, 1.54) is 11.3 Å². The summed E-state index contributed by atoms with van der Waals surface area (Å²) in [6.45, 7) is 7.14. The van der Waals surface area contributed by atoms with E-state index in [1.54, 1.807) is 45.9 Å². The quantitative estimate of drug-likeness (QED) is 0.355. The van der Waals surface area contributed by atoms with Crippen molar-refractivity contribution in [1.82, 2.24) is 15.3 Å². The lowest BCUT2D eigenvalue weighted by Gasteiger charge is -2.19. The van der Waals surface area contributed by atoms with E-state index >= 15 is 0 Å². The van der Waals surface area contributed by atoms with Crippen molar-refractivity contribution in [2.45, 2.75) is 39.7 Å². The molecule has 0 saturated carbocycles. The molecule has 0 aliphatic carbocycles. The number of nitrogens with one attached hydrogen (secondary N) is 4. The second kappa shape index (κ2) is 9.98. The number of halogens is 2. The predicted molar refractivity (Wildman–Crippen MR) is 131 cm³/mol. The van der Waals surface area contributed by atoms with E-state index in [9.17, 15) is 14.4 Å². The molecule has 0 saturated heterocycles. The number of thiazole rings is 1. The molecule has 1 aromatic carbocycles. The number of H-pyrrole nitrogens is 1. The Bertz CT molecular complexity index is 1220. The molecule has 3 amide bonds. The van der Waals surface area contributed by atoms with Crippen molar-refractivity contribution >= 4 is 73.5 Å². The van der Waals surface area contributed by atoms with Crippen LogP contribution in [-0.2, 0) is 9.53 Å². The Morgan fingerprint density at radius 2 is 1.88 bits per heavy atom. The first-order chi connectivity index (χ1) is 15.4. The fourth-order valence-electron chi connectivity index (χ4n) is 2.76. The second-order valence-corrected chi connectivity index (χ2v) is 9.92. The highest BCUT2D eigenvalue weighted by Gasteiger charge is 2.19. The molecule has 3 aromatic rings. The number of benzene rings is 1. The number of aromatic nitrogens is 2. The smallest absolute Gasteiger partial charge is 0.407 e. The van der Waals surface area contributed by atoms with Crippen LogP contribution in [0, 0.1) is 6.92 Å². The van der Waals surface area contributed by atoms with Gasteiger partial charge in [0.2, 0.25) is 5.91 Å². The number of fused-ring (bicyclic) bond motifs is 1. The molecule has 176 valence electrons. The summed E-state index contributed by atoms with van der Waals surface area (Å²) < 4.78 is 5.89. The van der Waals surface area contributed by atoms with Crippen LogP contribution in [0.25, 0.3) is 10.2 Å². The number of aromatic amines is 1.